The van der Waals surface area contributed by atoms with Gasteiger partial charge in [-0.3, -0.25) is 14.8 Å². The Kier molecular flexibility index (Phi) is 5.84. The van der Waals surface area contributed by atoms with Crippen molar-refractivity contribution < 1.29 is 17.9 Å². The smallest absolute Gasteiger partial charge is 0.305 e. The first-order chi connectivity index (χ1) is 8.93. The van der Waals surface area contributed by atoms with Crippen LogP contribution in [0.25, 0.3) is 0 Å². The van der Waals surface area contributed by atoms with Gasteiger partial charge in [-0.1, -0.05) is 0 Å². The van der Waals surface area contributed by atoms with Crippen LogP contribution in [0.2, 0.25) is 0 Å². The van der Waals surface area contributed by atoms with Crippen molar-refractivity contribution in [1.29, 1.82) is 0 Å². The Morgan fingerprint density at radius 2 is 2.11 bits per heavy atom. The highest BCUT2D eigenvalue weighted by Crippen LogP contribution is 1.99. The van der Waals surface area contributed by atoms with Gasteiger partial charge in [0, 0.05) is 12.6 Å². The maximum Gasteiger partial charge on any atom is 0.305 e. The van der Waals surface area contributed by atoms with E-state index in [4.69, 9.17) is 0 Å². The third kappa shape index (κ3) is 6.25. The van der Waals surface area contributed by atoms with Crippen LogP contribution in [0.3, 0.4) is 0 Å². The molecule has 0 aliphatic carbocycles. The number of sulfonamides is 1. The lowest BCUT2D eigenvalue weighted by Crippen LogP contribution is -2.26. The highest BCUT2D eigenvalue weighted by molar-refractivity contribution is 7.89. The number of ether oxygens (including phenoxy) is 1. The van der Waals surface area contributed by atoms with Gasteiger partial charge in [0.2, 0.25) is 10.0 Å². The van der Waals surface area contributed by atoms with Crippen LogP contribution in [0, 0.1) is 6.92 Å². The Hall–Kier alpha value is -1.54. The molecule has 8 heteroatoms. The Bertz CT molecular complexity index is 513. The van der Waals surface area contributed by atoms with E-state index >= 15 is 0 Å². The molecule has 0 saturated carbocycles. The van der Waals surface area contributed by atoms with Crippen LogP contribution in [0.15, 0.2) is 12.4 Å². The number of rotatable bonds is 7. The standard InChI is InChI=1S/C11H17N3O4S/c1-9-6-13-10(7-12-9)8-14-19(16,17)5-3-4-11(15)18-2/h6-7,14H,3-5,8H2,1-2H3. The molecule has 0 saturated heterocycles. The average molecular weight is 287 g/mol. The summed E-state index contributed by atoms with van der Waals surface area (Å²) in [6.45, 7) is 1.89. The molecular formula is C11H17N3O4S. The lowest BCUT2D eigenvalue weighted by atomic mass is 10.3. The number of carbonyl (C=O) groups excluding carboxylic acids is 1. The van der Waals surface area contributed by atoms with Gasteiger partial charge in [0.15, 0.2) is 0 Å². The van der Waals surface area contributed by atoms with Gasteiger partial charge >= 0.3 is 5.97 Å². The average Bonchev–Trinajstić information content (AvgIpc) is 2.38. The molecule has 0 atom stereocenters. The summed E-state index contributed by atoms with van der Waals surface area (Å²) in [5.41, 5.74) is 1.31. The van der Waals surface area contributed by atoms with Gasteiger partial charge in [0.25, 0.3) is 0 Å². The molecule has 0 fully saturated rings. The van der Waals surface area contributed by atoms with Crippen LogP contribution in [0.4, 0.5) is 0 Å². The molecule has 1 aromatic heterocycles. The molecule has 0 spiro atoms. The minimum Gasteiger partial charge on any atom is -0.469 e. The lowest BCUT2D eigenvalue weighted by molar-refractivity contribution is -0.140. The van der Waals surface area contributed by atoms with E-state index in [-0.39, 0.29) is 25.1 Å². The summed E-state index contributed by atoms with van der Waals surface area (Å²) in [6.07, 6.45) is 3.40. The van der Waals surface area contributed by atoms with Crippen molar-refractivity contribution in [3.8, 4) is 0 Å². The second kappa shape index (κ2) is 7.15. The summed E-state index contributed by atoms with van der Waals surface area (Å²) in [5.74, 6) is -0.541. The molecule has 1 aromatic rings. The van der Waals surface area contributed by atoms with E-state index < -0.39 is 16.0 Å². The molecule has 0 radical (unpaired) electrons. The minimum absolute atomic E-state index is 0.0851. The summed E-state index contributed by atoms with van der Waals surface area (Å²) in [6, 6.07) is 0. The molecule has 1 N–H and O–H groups in total. The van der Waals surface area contributed by atoms with Crippen LogP contribution < -0.4 is 4.72 Å². The zero-order valence-corrected chi connectivity index (χ0v) is 11.7. The number of esters is 1. The van der Waals surface area contributed by atoms with E-state index in [1.807, 2.05) is 0 Å². The van der Waals surface area contributed by atoms with E-state index in [1.54, 1.807) is 13.1 Å². The van der Waals surface area contributed by atoms with Crippen molar-refractivity contribution in [3.63, 3.8) is 0 Å². The molecular weight excluding hydrogens is 270 g/mol. The van der Waals surface area contributed by atoms with Gasteiger partial charge in [-0.25, -0.2) is 13.1 Å². The maximum absolute atomic E-state index is 11.6. The third-order valence-corrected chi connectivity index (χ3v) is 3.74. The maximum atomic E-state index is 11.6. The number of carbonyl (C=O) groups is 1. The fourth-order valence-electron chi connectivity index (χ4n) is 1.28. The van der Waals surface area contributed by atoms with Gasteiger partial charge in [0.05, 0.1) is 37.0 Å². The highest BCUT2D eigenvalue weighted by atomic mass is 32.2. The van der Waals surface area contributed by atoms with Crippen LogP contribution in [0.1, 0.15) is 24.2 Å². The summed E-state index contributed by atoms with van der Waals surface area (Å²) in [5, 5.41) is 0. The fraction of sp³-hybridized carbons (Fsp3) is 0.545. The molecule has 0 aliphatic heterocycles. The number of hydrogen-bond donors (Lipinski definition) is 1. The van der Waals surface area contributed by atoms with E-state index in [0.29, 0.717) is 5.69 Å². The number of nitrogens with zero attached hydrogens (tertiary/aromatic N) is 2. The number of aromatic nitrogens is 2. The fourth-order valence-corrected chi connectivity index (χ4v) is 2.31. The van der Waals surface area contributed by atoms with Gasteiger partial charge in [-0.2, -0.15) is 0 Å². The Morgan fingerprint density at radius 3 is 2.68 bits per heavy atom. The quantitative estimate of drug-likeness (QED) is 0.717. The second-order valence-corrected chi connectivity index (χ2v) is 5.90. The SMILES string of the molecule is COC(=O)CCCS(=O)(=O)NCc1cnc(C)cn1. The Balaban J connectivity index is 2.38. The van der Waals surface area contributed by atoms with Crippen molar-refractivity contribution in [3.05, 3.63) is 23.8 Å². The number of aryl methyl sites for hydroxylation is 1. The monoisotopic (exact) mass is 287 g/mol. The molecule has 7 nitrogen and oxygen atoms in total. The van der Waals surface area contributed by atoms with Crippen molar-refractivity contribution in [1.82, 2.24) is 14.7 Å². The second-order valence-electron chi connectivity index (χ2n) is 3.97. The van der Waals surface area contributed by atoms with Gasteiger partial charge in [-0.15, -0.1) is 0 Å². The molecule has 1 heterocycles. The summed E-state index contributed by atoms with van der Waals surface area (Å²) >= 11 is 0. The molecule has 0 bridgehead atoms. The largest absolute Gasteiger partial charge is 0.469 e. The van der Waals surface area contributed by atoms with Crippen molar-refractivity contribution in [2.75, 3.05) is 12.9 Å². The van der Waals surface area contributed by atoms with Crippen molar-refractivity contribution in [2.24, 2.45) is 0 Å². The summed E-state index contributed by atoms with van der Waals surface area (Å²) < 4.78 is 30.1. The minimum atomic E-state index is -3.42. The molecule has 0 unspecified atom stereocenters. The molecule has 1 rings (SSSR count). The summed E-state index contributed by atoms with van der Waals surface area (Å²) in [7, 11) is -2.15. The predicted molar refractivity (Wildman–Crippen MR) is 68.6 cm³/mol. The molecule has 0 amide bonds. The number of nitrogens with one attached hydrogen (secondary N) is 1. The number of hydrogen-bond acceptors (Lipinski definition) is 6. The van der Waals surface area contributed by atoms with E-state index in [2.05, 4.69) is 19.4 Å². The Morgan fingerprint density at radius 1 is 1.37 bits per heavy atom. The van der Waals surface area contributed by atoms with Crippen LogP contribution >= 0.6 is 0 Å². The zero-order valence-electron chi connectivity index (χ0n) is 10.9. The van der Waals surface area contributed by atoms with Gasteiger partial charge < -0.3 is 4.74 Å². The van der Waals surface area contributed by atoms with Gasteiger partial charge in [0.1, 0.15) is 0 Å². The van der Waals surface area contributed by atoms with Crippen molar-refractivity contribution >= 4 is 16.0 Å². The van der Waals surface area contributed by atoms with E-state index in [9.17, 15) is 13.2 Å². The topological polar surface area (TPSA) is 98.2 Å². The molecule has 106 valence electrons. The first-order valence-corrected chi connectivity index (χ1v) is 7.40. The van der Waals surface area contributed by atoms with E-state index in [1.165, 1.54) is 13.3 Å². The van der Waals surface area contributed by atoms with Gasteiger partial charge in [-0.05, 0) is 13.3 Å². The van der Waals surface area contributed by atoms with Crippen LogP contribution in [-0.2, 0) is 26.1 Å². The first kappa shape index (κ1) is 15.5. The normalized spacial score (nSPS) is 11.3. The molecule has 19 heavy (non-hydrogen) atoms. The van der Waals surface area contributed by atoms with E-state index in [0.717, 1.165) is 5.69 Å². The van der Waals surface area contributed by atoms with Crippen LogP contribution in [0.5, 0.6) is 0 Å². The lowest BCUT2D eigenvalue weighted by Gasteiger charge is -2.06. The Labute approximate surface area is 112 Å². The first-order valence-electron chi connectivity index (χ1n) is 5.74. The molecule has 0 aliphatic rings. The predicted octanol–water partition coefficient (Wildman–Crippen LogP) is 0.158. The third-order valence-electron chi connectivity index (χ3n) is 2.33. The van der Waals surface area contributed by atoms with Crippen molar-refractivity contribution in [2.45, 2.75) is 26.3 Å². The summed E-state index contributed by atoms with van der Waals surface area (Å²) in [4.78, 5) is 18.9. The highest BCUT2D eigenvalue weighted by Gasteiger charge is 2.11. The zero-order chi connectivity index (χ0) is 14.3. The number of methoxy groups -OCH3 is 1. The van der Waals surface area contributed by atoms with Crippen LogP contribution in [-0.4, -0.2) is 37.2 Å². The molecule has 0 aromatic carbocycles.